The zero-order valence-corrected chi connectivity index (χ0v) is 9.82. The number of esters is 1. The van der Waals surface area contributed by atoms with E-state index in [-0.39, 0.29) is 31.6 Å². The van der Waals surface area contributed by atoms with Gasteiger partial charge in [-0.25, -0.2) is 0 Å². The second-order valence-corrected chi connectivity index (χ2v) is 3.50. The molecule has 0 saturated heterocycles. The summed E-state index contributed by atoms with van der Waals surface area (Å²) in [7, 11) is 0. The Bertz CT molecular complexity index is 142. The van der Waals surface area contributed by atoms with E-state index in [0.29, 0.717) is 6.42 Å². The van der Waals surface area contributed by atoms with Gasteiger partial charge in [0.25, 0.3) is 0 Å². The van der Waals surface area contributed by atoms with Crippen molar-refractivity contribution in [2.24, 2.45) is 0 Å². The Kier molecular flexibility index (Phi) is 7.55. The van der Waals surface area contributed by atoms with Crippen molar-refractivity contribution < 1.29 is 29.0 Å². The van der Waals surface area contributed by atoms with Crippen LogP contribution >= 0.6 is 0 Å². The van der Waals surface area contributed by atoms with Crippen LogP contribution in [-0.2, 0) is 29.0 Å². The molecular formula is C10H18O2Rh. The van der Waals surface area contributed by atoms with Crippen LogP contribution in [0.4, 0.5) is 0 Å². The first-order valence-electron chi connectivity index (χ1n) is 5.02. The molecule has 0 heterocycles. The fourth-order valence-corrected chi connectivity index (χ4v) is 1.63. The van der Waals surface area contributed by atoms with Gasteiger partial charge >= 0.3 is 5.97 Å². The molecule has 3 heteroatoms. The van der Waals surface area contributed by atoms with Crippen molar-refractivity contribution in [1.29, 1.82) is 0 Å². The molecule has 79 valence electrons. The first kappa shape index (κ1) is 13.1. The maximum Gasteiger partial charge on any atom is 0.306 e. The number of hydrogen-bond donors (Lipinski definition) is 0. The van der Waals surface area contributed by atoms with Crippen LogP contribution in [0.5, 0.6) is 0 Å². The van der Waals surface area contributed by atoms with E-state index in [4.69, 9.17) is 4.74 Å². The number of carbonyl (C=O) groups excluding carboxylic acids is 1. The van der Waals surface area contributed by atoms with Crippen LogP contribution in [0.25, 0.3) is 0 Å². The fourth-order valence-electron chi connectivity index (χ4n) is 1.63. The molecular weight excluding hydrogens is 255 g/mol. The summed E-state index contributed by atoms with van der Waals surface area (Å²) in [6, 6.07) is 0. The van der Waals surface area contributed by atoms with E-state index in [2.05, 4.69) is 0 Å². The summed E-state index contributed by atoms with van der Waals surface area (Å²) >= 11 is 0. The first-order chi connectivity index (χ1) is 5.83. The van der Waals surface area contributed by atoms with Gasteiger partial charge in [-0.2, -0.15) is 0 Å². The van der Waals surface area contributed by atoms with Gasteiger partial charge in [0.05, 0.1) is 0 Å². The minimum atomic E-state index is -0.00981. The Morgan fingerprint density at radius 2 is 1.92 bits per heavy atom. The third-order valence-electron chi connectivity index (χ3n) is 2.30. The van der Waals surface area contributed by atoms with Crippen molar-refractivity contribution in [2.75, 3.05) is 0 Å². The standard InChI is InChI=1S/C10H18O2.Rh/c1-2-6-10(11)12-9-7-4-3-5-8-9;/h9H,2-8H2,1H3;. The Balaban J connectivity index is 0.00000144. The molecule has 0 atom stereocenters. The summed E-state index contributed by atoms with van der Waals surface area (Å²) in [4.78, 5) is 11.1. The molecule has 0 N–H and O–H groups in total. The van der Waals surface area contributed by atoms with Gasteiger partial charge in [-0.3, -0.25) is 4.79 Å². The van der Waals surface area contributed by atoms with Crippen molar-refractivity contribution in [3.63, 3.8) is 0 Å². The van der Waals surface area contributed by atoms with Gasteiger partial charge < -0.3 is 4.74 Å². The summed E-state index contributed by atoms with van der Waals surface area (Å²) in [5, 5.41) is 0. The molecule has 1 saturated carbocycles. The van der Waals surface area contributed by atoms with E-state index in [0.717, 1.165) is 19.3 Å². The second-order valence-electron chi connectivity index (χ2n) is 3.50. The quantitative estimate of drug-likeness (QED) is 0.583. The molecule has 0 bridgehead atoms. The minimum Gasteiger partial charge on any atom is -0.462 e. The van der Waals surface area contributed by atoms with Gasteiger partial charge in [-0.05, 0) is 32.1 Å². The van der Waals surface area contributed by atoms with Gasteiger partial charge in [0.2, 0.25) is 0 Å². The molecule has 1 rings (SSSR count). The molecule has 1 aliphatic rings. The van der Waals surface area contributed by atoms with Crippen molar-refractivity contribution in [3.05, 3.63) is 0 Å². The molecule has 0 aromatic heterocycles. The molecule has 1 aliphatic carbocycles. The monoisotopic (exact) mass is 273 g/mol. The van der Waals surface area contributed by atoms with Crippen LogP contribution in [0.2, 0.25) is 0 Å². The van der Waals surface area contributed by atoms with E-state index in [1.165, 1.54) is 19.3 Å². The average molecular weight is 273 g/mol. The normalized spacial score (nSPS) is 17.6. The SMILES string of the molecule is CCCC(=O)OC1CCCCC1.[Rh]. The van der Waals surface area contributed by atoms with Crippen LogP contribution in [0, 0.1) is 0 Å². The zero-order chi connectivity index (χ0) is 8.81. The van der Waals surface area contributed by atoms with E-state index < -0.39 is 0 Å². The second kappa shape index (κ2) is 7.49. The van der Waals surface area contributed by atoms with Crippen molar-refractivity contribution in [3.8, 4) is 0 Å². The maximum atomic E-state index is 11.1. The Morgan fingerprint density at radius 3 is 2.46 bits per heavy atom. The molecule has 1 radical (unpaired) electrons. The van der Waals surface area contributed by atoms with Crippen molar-refractivity contribution in [2.45, 2.75) is 58.0 Å². The Morgan fingerprint density at radius 1 is 1.31 bits per heavy atom. The van der Waals surface area contributed by atoms with Crippen LogP contribution in [0.3, 0.4) is 0 Å². The number of hydrogen-bond acceptors (Lipinski definition) is 2. The van der Waals surface area contributed by atoms with Crippen LogP contribution in [0.1, 0.15) is 51.9 Å². The van der Waals surface area contributed by atoms with E-state index in [1.54, 1.807) is 0 Å². The minimum absolute atomic E-state index is 0. The maximum absolute atomic E-state index is 11.1. The van der Waals surface area contributed by atoms with Gasteiger partial charge in [0, 0.05) is 25.9 Å². The third kappa shape index (κ3) is 5.41. The van der Waals surface area contributed by atoms with Crippen molar-refractivity contribution in [1.82, 2.24) is 0 Å². The number of carbonyl (C=O) groups is 1. The molecule has 0 unspecified atom stereocenters. The summed E-state index contributed by atoms with van der Waals surface area (Å²) < 4.78 is 5.29. The average Bonchev–Trinajstić information content (AvgIpc) is 2.06. The molecule has 0 amide bonds. The third-order valence-corrected chi connectivity index (χ3v) is 2.30. The van der Waals surface area contributed by atoms with Gasteiger partial charge in [-0.15, -0.1) is 0 Å². The molecule has 0 aromatic carbocycles. The summed E-state index contributed by atoms with van der Waals surface area (Å²) in [6.45, 7) is 2.00. The Hall–Kier alpha value is 0.0934. The molecule has 0 aromatic rings. The van der Waals surface area contributed by atoms with Crippen LogP contribution < -0.4 is 0 Å². The molecule has 13 heavy (non-hydrogen) atoms. The smallest absolute Gasteiger partial charge is 0.306 e. The summed E-state index contributed by atoms with van der Waals surface area (Å²) in [6.07, 6.45) is 7.63. The zero-order valence-electron chi connectivity index (χ0n) is 8.18. The Labute approximate surface area is 93.2 Å². The molecule has 0 spiro atoms. The fraction of sp³-hybridized carbons (Fsp3) is 0.900. The van der Waals surface area contributed by atoms with Gasteiger partial charge in [0.1, 0.15) is 6.10 Å². The van der Waals surface area contributed by atoms with Crippen molar-refractivity contribution >= 4 is 5.97 Å². The largest absolute Gasteiger partial charge is 0.462 e. The van der Waals surface area contributed by atoms with Crippen LogP contribution in [-0.4, -0.2) is 12.1 Å². The topological polar surface area (TPSA) is 26.3 Å². The van der Waals surface area contributed by atoms with Gasteiger partial charge in [0.15, 0.2) is 0 Å². The molecule has 0 aliphatic heterocycles. The molecule has 1 fully saturated rings. The summed E-state index contributed by atoms with van der Waals surface area (Å²) in [5.41, 5.74) is 0. The molecule has 2 nitrogen and oxygen atoms in total. The van der Waals surface area contributed by atoms with Gasteiger partial charge in [-0.1, -0.05) is 13.3 Å². The number of ether oxygens (including phenoxy) is 1. The predicted octanol–water partition coefficient (Wildman–Crippen LogP) is 2.66. The van der Waals surface area contributed by atoms with E-state index in [1.807, 2.05) is 6.92 Å². The van der Waals surface area contributed by atoms with E-state index in [9.17, 15) is 4.79 Å². The van der Waals surface area contributed by atoms with Crippen LogP contribution in [0.15, 0.2) is 0 Å². The first-order valence-corrected chi connectivity index (χ1v) is 5.02. The summed E-state index contributed by atoms with van der Waals surface area (Å²) in [5.74, 6) is -0.00981. The number of rotatable bonds is 3. The predicted molar refractivity (Wildman–Crippen MR) is 47.9 cm³/mol. The van der Waals surface area contributed by atoms with E-state index >= 15 is 0 Å².